The molecule has 0 saturated carbocycles. The van der Waals surface area contributed by atoms with Gasteiger partial charge in [-0.05, 0) is 12.0 Å². The van der Waals surface area contributed by atoms with Gasteiger partial charge in [0.25, 0.3) is 0 Å². The van der Waals surface area contributed by atoms with E-state index in [1.54, 1.807) is 11.8 Å². The van der Waals surface area contributed by atoms with Crippen LogP contribution in [-0.4, -0.2) is 47.0 Å². The van der Waals surface area contributed by atoms with Crippen LogP contribution in [0.15, 0.2) is 47.8 Å². The fourth-order valence-corrected chi connectivity index (χ4v) is 3.92. The summed E-state index contributed by atoms with van der Waals surface area (Å²) in [5.41, 5.74) is 0.948. The van der Waals surface area contributed by atoms with E-state index in [1.807, 2.05) is 44.1 Å². The van der Waals surface area contributed by atoms with Gasteiger partial charge >= 0.3 is 0 Å². The lowest BCUT2D eigenvalue weighted by Gasteiger charge is -2.28. The zero-order chi connectivity index (χ0) is 19.3. The SMILES string of the molecule is CC(C)(C)C(=O)N1CCCN(c2cncc(SCc3ccccc3)n2)CC1. The number of benzene rings is 1. The van der Waals surface area contributed by atoms with Crippen LogP contribution >= 0.6 is 11.8 Å². The van der Waals surface area contributed by atoms with Crippen LogP contribution in [0.4, 0.5) is 5.82 Å². The maximum Gasteiger partial charge on any atom is 0.228 e. The van der Waals surface area contributed by atoms with E-state index in [-0.39, 0.29) is 11.3 Å². The van der Waals surface area contributed by atoms with E-state index in [1.165, 1.54) is 5.56 Å². The third-order valence-electron chi connectivity index (χ3n) is 4.58. The molecule has 0 aliphatic carbocycles. The van der Waals surface area contributed by atoms with Crippen LogP contribution in [0.5, 0.6) is 0 Å². The molecule has 0 bridgehead atoms. The van der Waals surface area contributed by atoms with Crippen LogP contribution in [0.3, 0.4) is 0 Å². The molecule has 0 N–H and O–H groups in total. The van der Waals surface area contributed by atoms with Crippen LogP contribution in [0.2, 0.25) is 0 Å². The summed E-state index contributed by atoms with van der Waals surface area (Å²) >= 11 is 1.70. The summed E-state index contributed by atoms with van der Waals surface area (Å²) in [5.74, 6) is 2.01. The zero-order valence-electron chi connectivity index (χ0n) is 16.4. The third-order valence-corrected chi connectivity index (χ3v) is 5.55. The molecule has 1 saturated heterocycles. The molecule has 1 aromatic carbocycles. The Bertz CT molecular complexity index is 760. The number of carbonyl (C=O) groups excluding carboxylic acids is 1. The Labute approximate surface area is 166 Å². The van der Waals surface area contributed by atoms with E-state index in [0.717, 1.165) is 49.2 Å². The number of nitrogens with zero attached hydrogens (tertiary/aromatic N) is 4. The molecule has 1 amide bonds. The van der Waals surface area contributed by atoms with Crippen molar-refractivity contribution in [2.24, 2.45) is 5.41 Å². The Kier molecular flexibility index (Phi) is 6.37. The monoisotopic (exact) mass is 384 g/mol. The van der Waals surface area contributed by atoms with Crippen molar-refractivity contribution in [1.29, 1.82) is 0 Å². The third kappa shape index (κ3) is 5.45. The van der Waals surface area contributed by atoms with Gasteiger partial charge < -0.3 is 9.80 Å². The summed E-state index contributed by atoms with van der Waals surface area (Å²) in [7, 11) is 0. The molecule has 3 rings (SSSR count). The Balaban J connectivity index is 1.62. The normalized spacial score (nSPS) is 15.5. The van der Waals surface area contributed by atoms with E-state index in [2.05, 4.69) is 34.1 Å². The smallest absolute Gasteiger partial charge is 0.228 e. The highest BCUT2D eigenvalue weighted by molar-refractivity contribution is 7.98. The molecule has 0 atom stereocenters. The van der Waals surface area contributed by atoms with Crippen molar-refractivity contribution in [3.63, 3.8) is 0 Å². The van der Waals surface area contributed by atoms with E-state index < -0.39 is 0 Å². The van der Waals surface area contributed by atoms with Crippen molar-refractivity contribution in [2.45, 2.75) is 38.0 Å². The molecule has 1 aliphatic rings. The van der Waals surface area contributed by atoms with Crippen molar-refractivity contribution in [2.75, 3.05) is 31.1 Å². The zero-order valence-corrected chi connectivity index (χ0v) is 17.2. The molecule has 144 valence electrons. The average Bonchev–Trinajstić information content (AvgIpc) is 2.92. The van der Waals surface area contributed by atoms with E-state index in [0.29, 0.717) is 0 Å². The summed E-state index contributed by atoms with van der Waals surface area (Å²) in [6.45, 7) is 9.19. The van der Waals surface area contributed by atoms with Gasteiger partial charge in [-0.3, -0.25) is 9.78 Å². The van der Waals surface area contributed by atoms with Crippen LogP contribution in [-0.2, 0) is 10.5 Å². The molecule has 1 aromatic heterocycles. The molecule has 2 aromatic rings. The van der Waals surface area contributed by atoms with Gasteiger partial charge in [0.2, 0.25) is 5.91 Å². The van der Waals surface area contributed by atoms with Crippen molar-refractivity contribution in [3.8, 4) is 0 Å². The second-order valence-corrected chi connectivity index (χ2v) is 8.87. The highest BCUT2D eigenvalue weighted by atomic mass is 32.2. The Hall–Kier alpha value is -2.08. The molecular formula is C21H28N4OS. The van der Waals surface area contributed by atoms with E-state index >= 15 is 0 Å². The lowest BCUT2D eigenvalue weighted by molar-refractivity contribution is -0.139. The number of amides is 1. The largest absolute Gasteiger partial charge is 0.353 e. The molecule has 2 heterocycles. The maximum absolute atomic E-state index is 12.6. The van der Waals surface area contributed by atoms with Gasteiger partial charge in [0, 0.05) is 37.3 Å². The van der Waals surface area contributed by atoms with Crippen molar-refractivity contribution in [3.05, 3.63) is 48.3 Å². The van der Waals surface area contributed by atoms with Gasteiger partial charge in [0.15, 0.2) is 0 Å². The first kappa shape index (κ1) is 19.7. The Morgan fingerprint density at radius 1 is 1.07 bits per heavy atom. The number of anilines is 1. The average molecular weight is 385 g/mol. The molecule has 1 aliphatic heterocycles. The highest BCUT2D eigenvalue weighted by Crippen LogP contribution is 2.24. The highest BCUT2D eigenvalue weighted by Gasteiger charge is 2.28. The molecular weight excluding hydrogens is 356 g/mol. The predicted octanol–water partition coefficient (Wildman–Crippen LogP) is 3.85. The number of hydrogen-bond donors (Lipinski definition) is 0. The number of carbonyl (C=O) groups is 1. The molecule has 0 unspecified atom stereocenters. The minimum absolute atomic E-state index is 0.225. The lowest BCUT2D eigenvalue weighted by Crippen LogP contribution is -2.41. The van der Waals surface area contributed by atoms with Crippen molar-refractivity contribution >= 4 is 23.5 Å². The predicted molar refractivity (Wildman–Crippen MR) is 111 cm³/mol. The topological polar surface area (TPSA) is 49.3 Å². The summed E-state index contributed by atoms with van der Waals surface area (Å²) in [5, 5.41) is 0.934. The fourth-order valence-electron chi connectivity index (χ4n) is 3.12. The summed E-state index contributed by atoms with van der Waals surface area (Å²) in [4.78, 5) is 26.0. The lowest BCUT2D eigenvalue weighted by atomic mass is 9.94. The molecule has 1 fully saturated rings. The van der Waals surface area contributed by atoms with Crippen LogP contribution in [0, 0.1) is 5.41 Å². The molecule has 27 heavy (non-hydrogen) atoms. The first-order valence-electron chi connectivity index (χ1n) is 9.46. The Morgan fingerprint density at radius 3 is 2.59 bits per heavy atom. The quantitative estimate of drug-likeness (QED) is 0.750. The molecule has 6 heteroatoms. The number of rotatable bonds is 4. The minimum Gasteiger partial charge on any atom is -0.353 e. The maximum atomic E-state index is 12.6. The van der Waals surface area contributed by atoms with Gasteiger partial charge in [0.1, 0.15) is 10.8 Å². The Morgan fingerprint density at radius 2 is 1.85 bits per heavy atom. The molecule has 0 spiro atoms. The van der Waals surface area contributed by atoms with E-state index in [9.17, 15) is 4.79 Å². The second-order valence-electron chi connectivity index (χ2n) is 7.87. The van der Waals surface area contributed by atoms with Gasteiger partial charge in [-0.15, -0.1) is 11.8 Å². The van der Waals surface area contributed by atoms with Crippen LogP contribution < -0.4 is 4.90 Å². The van der Waals surface area contributed by atoms with Crippen LogP contribution in [0.25, 0.3) is 0 Å². The van der Waals surface area contributed by atoms with Gasteiger partial charge in [0.05, 0.1) is 12.4 Å². The fraction of sp³-hybridized carbons (Fsp3) is 0.476. The molecule has 0 radical (unpaired) electrons. The van der Waals surface area contributed by atoms with Gasteiger partial charge in [-0.1, -0.05) is 51.1 Å². The van der Waals surface area contributed by atoms with Crippen molar-refractivity contribution < 1.29 is 4.79 Å². The first-order valence-corrected chi connectivity index (χ1v) is 10.4. The second kappa shape index (κ2) is 8.74. The first-order chi connectivity index (χ1) is 12.9. The number of thioether (sulfide) groups is 1. The number of aromatic nitrogens is 2. The number of hydrogen-bond acceptors (Lipinski definition) is 5. The molecule has 5 nitrogen and oxygen atoms in total. The summed E-state index contributed by atoms with van der Waals surface area (Å²) < 4.78 is 0. The van der Waals surface area contributed by atoms with Gasteiger partial charge in [-0.2, -0.15) is 0 Å². The minimum atomic E-state index is -0.330. The van der Waals surface area contributed by atoms with E-state index in [4.69, 9.17) is 4.98 Å². The van der Waals surface area contributed by atoms with Gasteiger partial charge in [-0.25, -0.2) is 4.98 Å². The standard InChI is InChI=1S/C21H28N4OS/c1-21(2,3)20(26)25-11-7-10-24(12-13-25)18-14-22-15-19(23-18)27-16-17-8-5-4-6-9-17/h4-6,8-9,14-15H,7,10-13,16H2,1-3H3. The van der Waals surface area contributed by atoms with Crippen LogP contribution in [0.1, 0.15) is 32.8 Å². The summed E-state index contributed by atoms with van der Waals surface area (Å²) in [6, 6.07) is 10.4. The summed E-state index contributed by atoms with van der Waals surface area (Å²) in [6.07, 6.45) is 4.60. The van der Waals surface area contributed by atoms with Crippen molar-refractivity contribution in [1.82, 2.24) is 14.9 Å².